The molecule has 2 atom stereocenters. The summed E-state index contributed by atoms with van der Waals surface area (Å²) in [6.07, 6.45) is 5.05. The quantitative estimate of drug-likeness (QED) is 0.907. The van der Waals surface area contributed by atoms with E-state index in [9.17, 15) is 4.79 Å². The third-order valence-electron chi connectivity index (χ3n) is 6.22. The molecule has 1 aromatic heterocycles. The number of rotatable bonds is 3. The molecular formula is C22H30N4O. The number of aromatic nitrogens is 2. The largest absolute Gasteiger partial charge is 0.333 e. The van der Waals surface area contributed by atoms with Gasteiger partial charge in [-0.15, -0.1) is 0 Å². The van der Waals surface area contributed by atoms with Gasteiger partial charge in [0.1, 0.15) is 0 Å². The average Bonchev–Trinajstić information content (AvgIpc) is 3.24. The third-order valence-corrected chi connectivity index (χ3v) is 6.22. The summed E-state index contributed by atoms with van der Waals surface area (Å²) in [4.78, 5) is 15.4. The van der Waals surface area contributed by atoms with Crippen molar-refractivity contribution >= 4 is 5.91 Å². The first-order valence-corrected chi connectivity index (χ1v) is 10.2. The van der Waals surface area contributed by atoms with Crippen LogP contribution in [0.5, 0.6) is 0 Å². The molecule has 1 amide bonds. The van der Waals surface area contributed by atoms with E-state index in [4.69, 9.17) is 10.8 Å². The molecular weight excluding hydrogens is 336 g/mol. The molecule has 2 aromatic rings. The van der Waals surface area contributed by atoms with Gasteiger partial charge in [0.25, 0.3) is 5.91 Å². The van der Waals surface area contributed by atoms with Crippen LogP contribution in [-0.2, 0) is 12.8 Å². The summed E-state index contributed by atoms with van der Waals surface area (Å²) in [5.74, 6) is 0.695. The molecule has 0 spiro atoms. The molecule has 1 aliphatic heterocycles. The Kier molecular flexibility index (Phi) is 4.81. The second-order valence-electron chi connectivity index (χ2n) is 8.35. The summed E-state index contributed by atoms with van der Waals surface area (Å²) in [6.45, 7) is 7.77. The van der Waals surface area contributed by atoms with Crippen LogP contribution in [0.3, 0.4) is 0 Å². The smallest absolute Gasteiger partial charge is 0.274 e. The lowest BCUT2D eigenvalue weighted by Crippen LogP contribution is -2.49. The highest BCUT2D eigenvalue weighted by atomic mass is 16.2. The van der Waals surface area contributed by atoms with Crippen molar-refractivity contribution in [2.24, 2.45) is 11.7 Å². The molecule has 0 saturated carbocycles. The van der Waals surface area contributed by atoms with Crippen molar-refractivity contribution in [3.63, 3.8) is 0 Å². The van der Waals surface area contributed by atoms with E-state index in [0.717, 1.165) is 49.9 Å². The second-order valence-corrected chi connectivity index (χ2v) is 8.35. The molecule has 1 aromatic carbocycles. The molecule has 27 heavy (non-hydrogen) atoms. The van der Waals surface area contributed by atoms with Crippen molar-refractivity contribution in [1.29, 1.82) is 0 Å². The number of piperidine rings is 1. The van der Waals surface area contributed by atoms with Crippen LogP contribution in [0.1, 0.15) is 59.1 Å². The zero-order valence-corrected chi connectivity index (χ0v) is 16.7. The number of nitrogens with zero attached hydrogens (tertiary/aromatic N) is 3. The van der Waals surface area contributed by atoms with Crippen LogP contribution in [-0.4, -0.2) is 39.7 Å². The van der Waals surface area contributed by atoms with Crippen LogP contribution in [0.25, 0.3) is 5.69 Å². The maximum atomic E-state index is 13.4. The molecule has 0 radical (unpaired) electrons. The second kappa shape index (κ2) is 7.12. The number of carbonyl (C=O) groups is 1. The van der Waals surface area contributed by atoms with Gasteiger partial charge in [-0.05, 0) is 63.5 Å². The van der Waals surface area contributed by atoms with Crippen molar-refractivity contribution in [3.8, 4) is 5.69 Å². The van der Waals surface area contributed by atoms with E-state index in [1.165, 1.54) is 16.8 Å². The Morgan fingerprint density at radius 1 is 1.30 bits per heavy atom. The number of hydrogen-bond acceptors (Lipinski definition) is 3. The number of carbonyl (C=O) groups excluding carboxylic acids is 1. The SMILES string of the molecule is Cc1ccc(-n2nc(C(=O)N3CCC(C)CC3CN)c3c2CCC3)c(C)c1. The molecule has 2 heterocycles. The number of fused-ring (bicyclic) bond motifs is 1. The van der Waals surface area contributed by atoms with E-state index in [0.29, 0.717) is 18.2 Å². The van der Waals surface area contributed by atoms with Gasteiger partial charge in [0.2, 0.25) is 0 Å². The summed E-state index contributed by atoms with van der Waals surface area (Å²) in [5.41, 5.74) is 12.5. The summed E-state index contributed by atoms with van der Waals surface area (Å²) < 4.78 is 2.02. The highest BCUT2D eigenvalue weighted by molar-refractivity contribution is 5.94. The van der Waals surface area contributed by atoms with Crippen LogP contribution in [0.15, 0.2) is 18.2 Å². The zero-order valence-electron chi connectivity index (χ0n) is 16.7. The van der Waals surface area contributed by atoms with Gasteiger partial charge in [-0.3, -0.25) is 4.79 Å². The monoisotopic (exact) mass is 366 g/mol. The molecule has 144 valence electrons. The van der Waals surface area contributed by atoms with Gasteiger partial charge in [0.05, 0.1) is 5.69 Å². The molecule has 4 rings (SSSR count). The predicted octanol–water partition coefficient (Wildman–Crippen LogP) is 3.18. The maximum absolute atomic E-state index is 13.4. The number of hydrogen-bond donors (Lipinski definition) is 1. The number of nitrogens with two attached hydrogens (primary N) is 1. The van der Waals surface area contributed by atoms with E-state index < -0.39 is 0 Å². The molecule has 5 heteroatoms. The van der Waals surface area contributed by atoms with Gasteiger partial charge in [-0.25, -0.2) is 4.68 Å². The molecule has 1 aliphatic carbocycles. The van der Waals surface area contributed by atoms with Gasteiger partial charge in [-0.2, -0.15) is 5.10 Å². The van der Waals surface area contributed by atoms with Gasteiger partial charge >= 0.3 is 0 Å². The van der Waals surface area contributed by atoms with Crippen molar-refractivity contribution in [1.82, 2.24) is 14.7 Å². The Morgan fingerprint density at radius 3 is 2.85 bits per heavy atom. The zero-order chi connectivity index (χ0) is 19.1. The molecule has 2 aliphatic rings. The fraction of sp³-hybridized carbons (Fsp3) is 0.545. The fourth-order valence-corrected chi connectivity index (χ4v) is 4.73. The third kappa shape index (κ3) is 3.18. The Bertz CT molecular complexity index is 869. The Labute approximate surface area is 161 Å². The van der Waals surface area contributed by atoms with E-state index in [-0.39, 0.29) is 11.9 Å². The van der Waals surface area contributed by atoms with E-state index >= 15 is 0 Å². The van der Waals surface area contributed by atoms with Crippen molar-refractivity contribution < 1.29 is 4.79 Å². The molecule has 2 unspecified atom stereocenters. The molecule has 1 saturated heterocycles. The number of aryl methyl sites for hydroxylation is 2. The topological polar surface area (TPSA) is 64.2 Å². The first-order chi connectivity index (χ1) is 13.0. The van der Waals surface area contributed by atoms with Crippen molar-refractivity contribution in [2.45, 2.75) is 58.9 Å². The van der Waals surface area contributed by atoms with Crippen LogP contribution in [0.4, 0.5) is 0 Å². The normalized spacial score (nSPS) is 22.1. The lowest BCUT2D eigenvalue weighted by Gasteiger charge is -2.37. The predicted molar refractivity (Wildman–Crippen MR) is 107 cm³/mol. The lowest BCUT2D eigenvalue weighted by atomic mass is 9.92. The summed E-state index contributed by atoms with van der Waals surface area (Å²) in [5, 5.41) is 4.84. The summed E-state index contributed by atoms with van der Waals surface area (Å²) in [7, 11) is 0. The standard InChI is InChI=1S/C22H30N4O/c1-14-7-8-19(16(3)11-14)26-20-6-4-5-18(20)21(24-26)22(27)25-10-9-15(2)12-17(25)13-23/h7-8,11,15,17H,4-6,9-10,12-13,23H2,1-3H3. The van der Waals surface area contributed by atoms with Gasteiger partial charge in [-0.1, -0.05) is 24.6 Å². The first-order valence-electron chi connectivity index (χ1n) is 10.2. The van der Waals surface area contributed by atoms with Crippen LogP contribution < -0.4 is 5.73 Å². The average molecular weight is 367 g/mol. The van der Waals surface area contributed by atoms with E-state index in [1.807, 2.05) is 9.58 Å². The number of likely N-dealkylation sites (tertiary alicyclic amines) is 1. The summed E-state index contributed by atoms with van der Waals surface area (Å²) >= 11 is 0. The van der Waals surface area contributed by atoms with Crippen molar-refractivity contribution in [2.75, 3.05) is 13.1 Å². The summed E-state index contributed by atoms with van der Waals surface area (Å²) in [6, 6.07) is 6.54. The van der Waals surface area contributed by atoms with E-state index in [2.05, 4.69) is 39.0 Å². The van der Waals surface area contributed by atoms with Gasteiger partial charge in [0, 0.05) is 30.4 Å². The molecule has 5 nitrogen and oxygen atoms in total. The Balaban J connectivity index is 1.73. The molecule has 2 N–H and O–H groups in total. The number of amides is 1. The lowest BCUT2D eigenvalue weighted by molar-refractivity contribution is 0.0566. The van der Waals surface area contributed by atoms with Crippen LogP contribution >= 0.6 is 0 Å². The first kappa shape index (κ1) is 18.2. The Morgan fingerprint density at radius 2 is 2.11 bits per heavy atom. The number of benzene rings is 1. The highest BCUT2D eigenvalue weighted by Crippen LogP contribution is 2.31. The molecule has 1 fully saturated rings. The minimum absolute atomic E-state index is 0.0685. The van der Waals surface area contributed by atoms with Gasteiger partial charge in [0.15, 0.2) is 5.69 Å². The molecule has 0 bridgehead atoms. The van der Waals surface area contributed by atoms with Crippen LogP contribution in [0, 0.1) is 19.8 Å². The Hall–Kier alpha value is -2.14. The minimum atomic E-state index is 0.0685. The van der Waals surface area contributed by atoms with Gasteiger partial charge < -0.3 is 10.6 Å². The van der Waals surface area contributed by atoms with Crippen molar-refractivity contribution in [3.05, 3.63) is 46.3 Å². The minimum Gasteiger partial charge on any atom is -0.333 e. The maximum Gasteiger partial charge on any atom is 0.274 e. The van der Waals surface area contributed by atoms with E-state index in [1.54, 1.807) is 0 Å². The van der Waals surface area contributed by atoms with Crippen LogP contribution in [0.2, 0.25) is 0 Å². The highest BCUT2D eigenvalue weighted by Gasteiger charge is 2.34. The fourth-order valence-electron chi connectivity index (χ4n) is 4.73.